The fraction of sp³-hybridized carbons (Fsp3) is 0. The van der Waals surface area contributed by atoms with Crippen LogP contribution in [-0.2, 0) is 0 Å². The summed E-state index contributed by atoms with van der Waals surface area (Å²) in [4.78, 5) is 18.3. The molecule has 0 amide bonds. The van der Waals surface area contributed by atoms with E-state index >= 15 is 0 Å². The van der Waals surface area contributed by atoms with Crippen LogP contribution in [0.4, 0.5) is 11.5 Å². The van der Waals surface area contributed by atoms with E-state index in [-0.39, 0.29) is 5.69 Å². The number of hydrogen-bond donors (Lipinski definition) is 2. The van der Waals surface area contributed by atoms with E-state index in [1.54, 1.807) is 18.2 Å². The van der Waals surface area contributed by atoms with E-state index in [1.165, 1.54) is 6.20 Å². The van der Waals surface area contributed by atoms with Gasteiger partial charge in [-0.05, 0) is 18.2 Å². The average molecular weight is 319 g/mol. The maximum Gasteiger partial charge on any atom is 0.356 e. The van der Waals surface area contributed by atoms with Crippen molar-refractivity contribution < 1.29 is 9.90 Å². The molecular weight excluding hydrogens is 312 g/mol. The van der Waals surface area contributed by atoms with Gasteiger partial charge in [0.15, 0.2) is 5.69 Å². The molecule has 7 heteroatoms. The maximum atomic E-state index is 10.6. The Labute approximate surface area is 116 Å². The number of carboxylic acid groups (broad SMARTS) is 1. The second kappa shape index (κ2) is 5.46. The summed E-state index contributed by atoms with van der Waals surface area (Å²) in [5.41, 5.74) is 0.878. The lowest BCUT2D eigenvalue weighted by Gasteiger charge is -2.07. The summed E-state index contributed by atoms with van der Waals surface area (Å²) >= 11 is 3.28. The summed E-state index contributed by atoms with van der Waals surface area (Å²) in [6, 6.07) is 7.22. The molecule has 2 aromatic rings. The number of nitriles is 1. The van der Waals surface area contributed by atoms with Gasteiger partial charge in [-0.2, -0.15) is 5.26 Å². The zero-order valence-electron chi connectivity index (χ0n) is 9.46. The fourth-order valence-electron chi connectivity index (χ4n) is 1.36. The molecule has 0 aliphatic carbocycles. The van der Waals surface area contributed by atoms with Crippen LogP contribution in [-0.4, -0.2) is 21.0 Å². The Morgan fingerprint density at radius 2 is 2.16 bits per heavy atom. The van der Waals surface area contributed by atoms with Gasteiger partial charge in [0, 0.05) is 4.47 Å². The summed E-state index contributed by atoms with van der Waals surface area (Å²) in [5.74, 6) is -0.774. The van der Waals surface area contributed by atoms with E-state index in [0.29, 0.717) is 17.1 Å². The summed E-state index contributed by atoms with van der Waals surface area (Å²) in [6.45, 7) is 0. The van der Waals surface area contributed by atoms with Crippen LogP contribution in [0.1, 0.15) is 16.1 Å². The first kappa shape index (κ1) is 13.0. The Hall–Kier alpha value is -2.46. The predicted molar refractivity (Wildman–Crippen MR) is 71.1 cm³/mol. The minimum absolute atomic E-state index is 0.137. The summed E-state index contributed by atoms with van der Waals surface area (Å²) < 4.78 is 0.793. The number of carboxylic acids is 1. The van der Waals surface area contributed by atoms with E-state index in [1.807, 2.05) is 0 Å². The van der Waals surface area contributed by atoms with E-state index in [9.17, 15) is 4.79 Å². The molecule has 1 heterocycles. The minimum atomic E-state index is -1.14. The molecule has 94 valence electrons. The largest absolute Gasteiger partial charge is 0.476 e. The number of aromatic carboxylic acids is 1. The van der Waals surface area contributed by atoms with Gasteiger partial charge in [-0.25, -0.2) is 14.8 Å². The van der Waals surface area contributed by atoms with Crippen molar-refractivity contribution >= 4 is 33.4 Å². The lowest BCUT2D eigenvalue weighted by atomic mass is 10.2. The molecule has 0 saturated heterocycles. The molecule has 0 fully saturated rings. The molecule has 0 aliphatic heterocycles. The second-order valence-corrected chi connectivity index (χ2v) is 4.43. The number of hydrogen-bond acceptors (Lipinski definition) is 5. The van der Waals surface area contributed by atoms with Crippen molar-refractivity contribution in [3.05, 3.63) is 46.3 Å². The molecule has 6 nitrogen and oxygen atoms in total. The molecule has 19 heavy (non-hydrogen) atoms. The predicted octanol–water partition coefficient (Wildman–Crippen LogP) is 2.55. The van der Waals surface area contributed by atoms with Crippen LogP contribution >= 0.6 is 15.9 Å². The van der Waals surface area contributed by atoms with E-state index in [0.717, 1.165) is 10.7 Å². The molecule has 0 spiro atoms. The van der Waals surface area contributed by atoms with Crippen LogP contribution in [0.25, 0.3) is 0 Å². The van der Waals surface area contributed by atoms with Gasteiger partial charge >= 0.3 is 5.97 Å². The Morgan fingerprint density at radius 1 is 1.37 bits per heavy atom. The van der Waals surface area contributed by atoms with Crippen molar-refractivity contribution in [2.75, 3.05) is 5.32 Å². The lowest BCUT2D eigenvalue weighted by Crippen LogP contribution is -2.03. The van der Waals surface area contributed by atoms with Crippen molar-refractivity contribution in [2.24, 2.45) is 0 Å². The molecule has 0 unspecified atom stereocenters. The molecule has 1 aromatic heterocycles. The Balaban J connectivity index is 2.26. The Kier molecular flexibility index (Phi) is 3.73. The molecule has 2 N–H and O–H groups in total. The third kappa shape index (κ3) is 3.05. The number of carbonyl (C=O) groups is 1. The highest BCUT2D eigenvalue weighted by Crippen LogP contribution is 2.22. The van der Waals surface area contributed by atoms with Gasteiger partial charge < -0.3 is 10.4 Å². The minimum Gasteiger partial charge on any atom is -0.476 e. The highest BCUT2D eigenvalue weighted by molar-refractivity contribution is 9.10. The highest BCUT2D eigenvalue weighted by Gasteiger charge is 2.07. The normalized spacial score (nSPS) is 9.68. The Bertz CT molecular complexity index is 664. The van der Waals surface area contributed by atoms with Crippen LogP contribution in [0.2, 0.25) is 0 Å². The van der Waals surface area contributed by atoms with Crippen LogP contribution in [0.3, 0.4) is 0 Å². The SMILES string of the molecule is N#Cc1cc(Br)ccc1Nc1cnc(C(=O)O)cn1. The summed E-state index contributed by atoms with van der Waals surface area (Å²) in [6.07, 6.45) is 2.45. The third-order valence-electron chi connectivity index (χ3n) is 2.24. The molecule has 0 atom stereocenters. The van der Waals surface area contributed by atoms with Gasteiger partial charge in [0.05, 0.1) is 23.6 Å². The number of nitrogens with zero attached hydrogens (tertiary/aromatic N) is 3. The molecule has 0 bridgehead atoms. The maximum absolute atomic E-state index is 10.6. The molecule has 0 saturated carbocycles. The first-order chi connectivity index (χ1) is 9.10. The zero-order valence-corrected chi connectivity index (χ0v) is 11.0. The van der Waals surface area contributed by atoms with E-state index < -0.39 is 5.97 Å². The first-order valence-electron chi connectivity index (χ1n) is 5.12. The van der Waals surface area contributed by atoms with Crippen LogP contribution < -0.4 is 5.32 Å². The quantitative estimate of drug-likeness (QED) is 0.902. The van der Waals surface area contributed by atoms with Gasteiger partial charge in [-0.15, -0.1) is 0 Å². The third-order valence-corrected chi connectivity index (χ3v) is 2.73. The summed E-state index contributed by atoms with van der Waals surface area (Å²) in [5, 5.41) is 20.6. The molecule has 2 rings (SSSR count). The van der Waals surface area contributed by atoms with Gasteiger partial charge in [0.25, 0.3) is 0 Å². The number of nitrogens with one attached hydrogen (secondary N) is 1. The van der Waals surface area contributed by atoms with Crippen molar-refractivity contribution in [3.8, 4) is 6.07 Å². The Morgan fingerprint density at radius 3 is 2.74 bits per heavy atom. The number of aromatic nitrogens is 2. The van der Waals surface area contributed by atoms with Crippen LogP contribution in [0.5, 0.6) is 0 Å². The topological polar surface area (TPSA) is 98.9 Å². The van der Waals surface area contributed by atoms with Gasteiger partial charge in [0.1, 0.15) is 11.9 Å². The molecule has 0 radical (unpaired) electrons. The van der Waals surface area contributed by atoms with E-state index in [2.05, 4.69) is 37.3 Å². The van der Waals surface area contributed by atoms with Crippen LogP contribution in [0, 0.1) is 11.3 Å². The zero-order chi connectivity index (χ0) is 13.8. The second-order valence-electron chi connectivity index (χ2n) is 3.52. The molecular formula is C12H7BrN4O2. The van der Waals surface area contributed by atoms with Gasteiger partial charge in [0.2, 0.25) is 0 Å². The van der Waals surface area contributed by atoms with Crippen molar-refractivity contribution in [1.82, 2.24) is 9.97 Å². The average Bonchev–Trinajstić information content (AvgIpc) is 2.41. The molecule has 1 aromatic carbocycles. The number of halogens is 1. The first-order valence-corrected chi connectivity index (χ1v) is 5.91. The number of anilines is 2. The standard InChI is InChI=1S/C12H7BrN4O2/c13-8-1-2-9(7(3-8)4-14)17-11-6-15-10(5-16-11)12(18)19/h1-3,5-6H,(H,16,17)(H,18,19). The molecule has 0 aliphatic rings. The number of benzene rings is 1. The monoisotopic (exact) mass is 318 g/mol. The summed E-state index contributed by atoms with van der Waals surface area (Å²) in [7, 11) is 0. The van der Waals surface area contributed by atoms with Gasteiger partial charge in [-0.3, -0.25) is 0 Å². The smallest absolute Gasteiger partial charge is 0.356 e. The van der Waals surface area contributed by atoms with Crippen molar-refractivity contribution in [1.29, 1.82) is 5.26 Å². The van der Waals surface area contributed by atoms with E-state index in [4.69, 9.17) is 10.4 Å². The van der Waals surface area contributed by atoms with Crippen molar-refractivity contribution in [2.45, 2.75) is 0 Å². The van der Waals surface area contributed by atoms with Gasteiger partial charge in [-0.1, -0.05) is 15.9 Å². The fourth-order valence-corrected chi connectivity index (χ4v) is 1.72. The van der Waals surface area contributed by atoms with Crippen LogP contribution in [0.15, 0.2) is 35.1 Å². The lowest BCUT2D eigenvalue weighted by molar-refractivity contribution is 0.0690. The van der Waals surface area contributed by atoms with Crippen molar-refractivity contribution in [3.63, 3.8) is 0 Å². The highest BCUT2D eigenvalue weighted by atomic mass is 79.9. The number of rotatable bonds is 3.